The second-order valence-corrected chi connectivity index (χ2v) is 8.00. The van der Waals surface area contributed by atoms with Gasteiger partial charge in [-0.2, -0.15) is 0 Å². The maximum absolute atomic E-state index is 12.4. The lowest BCUT2D eigenvalue weighted by molar-refractivity contribution is -0.144. The van der Waals surface area contributed by atoms with E-state index in [1.165, 1.54) is 0 Å². The summed E-state index contributed by atoms with van der Waals surface area (Å²) < 4.78 is 6.81. The van der Waals surface area contributed by atoms with E-state index in [2.05, 4.69) is 10.1 Å². The molecule has 0 bridgehead atoms. The highest BCUT2D eigenvalue weighted by Crippen LogP contribution is 2.34. The molecule has 9 heteroatoms. The molecule has 0 radical (unpaired) electrons. The summed E-state index contributed by atoms with van der Waals surface area (Å²) in [6.45, 7) is 6.87. The van der Waals surface area contributed by atoms with Gasteiger partial charge in [0, 0.05) is 61.8 Å². The molecule has 1 aliphatic heterocycles. The average molecular weight is 426 g/mol. The summed E-state index contributed by atoms with van der Waals surface area (Å²) in [5, 5.41) is 24.6. The molecule has 9 nitrogen and oxygen atoms in total. The summed E-state index contributed by atoms with van der Waals surface area (Å²) in [5.74, 6) is -1.37. The molecule has 0 amide bonds. The minimum atomic E-state index is -1.13. The number of rotatable bonds is 6. The highest BCUT2D eigenvalue weighted by molar-refractivity contribution is 6.01. The lowest BCUT2D eigenvalue weighted by Crippen LogP contribution is -2.49. The maximum Gasteiger partial charge on any atom is 0.352 e. The first-order chi connectivity index (χ1) is 14.8. The SMILES string of the molecule is Cc1noc(C)c1CN1CCN([C@H](C(=O)O)c2c(C(=O)O)n(C)c3ccccc23)CC1. The van der Waals surface area contributed by atoms with Gasteiger partial charge in [0.05, 0.1) is 5.69 Å². The summed E-state index contributed by atoms with van der Waals surface area (Å²) >= 11 is 0. The van der Waals surface area contributed by atoms with Gasteiger partial charge in [0.2, 0.25) is 0 Å². The molecule has 1 atom stereocenters. The number of benzene rings is 1. The van der Waals surface area contributed by atoms with Gasteiger partial charge < -0.3 is 19.3 Å². The van der Waals surface area contributed by atoms with Crippen LogP contribution < -0.4 is 0 Å². The Bertz CT molecular complexity index is 1120. The molecule has 1 aromatic carbocycles. The minimum Gasteiger partial charge on any atom is -0.480 e. The number of aryl methyl sites for hydroxylation is 3. The largest absolute Gasteiger partial charge is 0.480 e. The van der Waals surface area contributed by atoms with Crippen LogP contribution in [0.15, 0.2) is 28.8 Å². The van der Waals surface area contributed by atoms with Crippen LogP contribution in [0.2, 0.25) is 0 Å². The zero-order valence-electron chi connectivity index (χ0n) is 17.8. The molecule has 2 N–H and O–H groups in total. The van der Waals surface area contributed by atoms with Crippen molar-refractivity contribution < 1.29 is 24.3 Å². The lowest BCUT2D eigenvalue weighted by Gasteiger charge is -2.37. The van der Waals surface area contributed by atoms with Gasteiger partial charge in [-0.1, -0.05) is 23.4 Å². The fourth-order valence-electron chi connectivity index (χ4n) is 4.55. The van der Waals surface area contributed by atoms with Crippen molar-refractivity contribution >= 4 is 22.8 Å². The molecular weight excluding hydrogens is 400 g/mol. The number of carboxylic acids is 2. The topological polar surface area (TPSA) is 112 Å². The summed E-state index contributed by atoms with van der Waals surface area (Å²) in [4.78, 5) is 28.5. The van der Waals surface area contributed by atoms with E-state index in [0.717, 1.165) is 17.0 Å². The standard InChI is InChI=1S/C22H26N4O5/c1-13-16(14(2)31-23-13)12-25-8-10-26(11-9-25)20(22(29)30)18-15-6-4-5-7-17(15)24(3)19(18)21(27)28/h4-7,20H,8-12H2,1-3H3,(H,27,28)(H,29,30)/t20-/m0/s1. The van der Waals surface area contributed by atoms with Crippen molar-refractivity contribution in [3.63, 3.8) is 0 Å². The van der Waals surface area contributed by atoms with Gasteiger partial charge in [-0.15, -0.1) is 0 Å². The first kappa shape index (κ1) is 21.1. The summed E-state index contributed by atoms with van der Waals surface area (Å²) in [6.07, 6.45) is 0. The number of fused-ring (bicyclic) bond motifs is 1. The molecule has 164 valence electrons. The number of hydrogen-bond acceptors (Lipinski definition) is 6. The highest BCUT2D eigenvalue weighted by Gasteiger charge is 2.36. The smallest absolute Gasteiger partial charge is 0.352 e. The summed E-state index contributed by atoms with van der Waals surface area (Å²) in [6, 6.07) is 6.20. The Hall–Kier alpha value is -3.17. The van der Waals surface area contributed by atoms with E-state index in [-0.39, 0.29) is 5.69 Å². The van der Waals surface area contributed by atoms with Crippen molar-refractivity contribution in [1.82, 2.24) is 19.5 Å². The van der Waals surface area contributed by atoms with Crippen molar-refractivity contribution in [2.45, 2.75) is 26.4 Å². The van der Waals surface area contributed by atoms with Crippen LogP contribution >= 0.6 is 0 Å². The lowest BCUT2D eigenvalue weighted by atomic mass is 10.00. The highest BCUT2D eigenvalue weighted by atomic mass is 16.5. The van der Waals surface area contributed by atoms with Crippen LogP contribution in [0.5, 0.6) is 0 Å². The molecule has 3 aromatic rings. The number of aromatic carboxylic acids is 1. The number of carboxylic acid groups (broad SMARTS) is 2. The normalized spacial score (nSPS) is 16.6. The van der Waals surface area contributed by atoms with Crippen molar-refractivity contribution in [3.05, 3.63) is 52.5 Å². The Morgan fingerprint density at radius 1 is 1.13 bits per heavy atom. The predicted octanol–water partition coefficient (Wildman–Crippen LogP) is 2.42. The molecule has 2 aromatic heterocycles. The number of piperazine rings is 1. The zero-order chi connectivity index (χ0) is 22.3. The van der Waals surface area contributed by atoms with Crippen molar-refractivity contribution in [2.24, 2.45) is 7.05 Å². The summed E-state index contributed by atoms with van der Waals surface area (Å²) in [5.41, 5.74) is 3.00. The van der Waals surface area contributed by atoms with Crippen LogP contribution in [0.1, 0.15) is 39.1 Å². The Labute approximate surface area is 179 Å². The molecule has 0 unspecified atom stereocenters. The molecule has 0 aliphatic carbocycles. The molecule has 4 rings (SSSR count). The maximum atomic E-state index is 12.4. The third-order valence-electron chi connectivity index (χ3n) is 6.19. The van der Waals surface area contributed by atoms with Crippen molar-refractivity contribution in [2.75, 3.05) is 26.2 Å². The third-order valence-corrected chi connectivity index (χ3v) is 6.19. The Kier molecular flexibility index (Phi) is 5.55. The van der Waals surface area contributed by atoms with E-state index in [4.69, 9.17) is 4.52 Å². The first-order valence-electron chi connectivity index (χ1n) is 10.2. The molecule has 31 heavy (non-hydrogen) atoms. The Morgan fingerprint density at radius 3 is 2.39 bits per heavy atom. The van der Waals surface area contributed by atoms with Crippen LogP contribution in [0.25, 0.3) is 10.9 Å². The fraction of sp³-hybridized carbons (Fsp3) is 0.409. The van der Waals surface area contributed by atoms with E-state index in [9.17, 15) is 19.8 Å². The molecule has 0 saturated carbocycles. The molecule has 1 aliphatic rings. The zero-order valence-corrected chi connectivity index (χ0v) is 17.8. The second kappa shape index (κ2) is 8.16. The predicted molar refractivity (Wildman–Crippen MR) is 113 cm³/mol. The fourth-order valence-corrected chi connectivity index (χ4v) is 4.55. The number of carbonyl (C=O) groups is 2. The van der Waals surface area contributed by atoms with Crippen LogP contribution in [0.3, 0.4) is 0 Å². The number of hydrogen-bond donors (Lipinski definition) is 2. The monoisotopic (exact) mass is 426 g/mol. The molecule has 0 spiro atoms. The van der Waals surface area contributed by atoms with Crippen molar-refractivity contribution in [1.29, 1.82) is 0 Å². The average Bonchev–Trinajstić information content (AvgIpc) is 3.21. The van der Waals surface area contributed by atoms with Crippen LogP contribution in [0.4, 0.5) is 0 Å². The van der Waals surface area contributed by atoms with Gasteiger partial charge >= 0.3 is 11.9 Å². The van der Waals surface area contributed by atoms with Gasteiger partial charge in [0.25, 0.3) is 0 Å². The van der Waals surface area contributed by atoms with Gasteiger partial charge in [-0.25, -0.2) is 4.79 Å². The van der Waals surface area contributed by atoms with Gasteiger partial charge in [-0.3, -0.25) is 14.6 Å². The first-order valence-corrected chi connectivity index (χ1v) is 10.2. The molecule has 3 heterocycles. The van der Waals surface area contributed by atoms with Gasteiger partial charge in [0.1, 0.15) is 17.5 Å². The number of aromatic nitrogens is 2. The molecular formula is C22H26N4O5. The number of para-hydroxylation sites is 1. The Morgan fingerprint density at radius 2 is 1.81 bits per heavy atom. The van der Waals surface area contributed by atoms with E-state index in [1.807, 2.05) is 30.9 Å². The van der Waals surface area contributed by atoms with Crippen LogP contribution in [0, 0.1) is 13.8 Å². The number of aliphatic carboxylic acids is 1. The quantitative estimate of drug-likeness (QED) is 0.618. The van der Waals surface area contributed by atoms with E-state index < -0.39 is 18.0 Å². The molecule has 1 saturated heterocycles. The van der Waals surface area contributed by atoms with E-state index in [1.54, 1.807) is 23.7 Å². The van der Waals surface area contributed by atoms with Gasteiger partial charge in [0.15, 0.2) is 0 Å². The van der Waals surface area contributed by atoms with Crippen molar-refractivity contribution in [3.8, 4) is 0 Å². The third kappa shape index (κ3) is 3.70. The number of nitrogens with zero attached hydrogens (tertiary/aromatic N) is 4. The van der Waals surface area contributed by atoms with Crippen LogP contribution in [-0.4, -0.2) is 67.9 Å². The van der Waals surface area contributed by atoms with Crippen LogP contribution in [-0.2, 0) is 18.4 Å². The van der Waals surface area contributed by atoms with E-state index >= 15 is 0 Å². The molecule has 1 fully saturated rings. The summed E-state index contributed by atoms with van der Waals surface area (Å²) in [7, 11) is 1.66. The van der Waals surface area contributed by atoms with Gasteiger partial charge in [-0.05, 0) is 19.9 Å². The Balaban J connectivity index is 1.62. The minimum absolute atomic E-state index is 0.0201. The second-order valence-electron chi connectivity index (χ2n) is 8.00. The van der Waals surface area contributed by atoms with E-state index in [0.29, 0.717) is 49.2 Å².